The first-order chi connectivity index (χ1) is 22.1. The first kappa shape index (κ1) is 31.3. The minimum absolute atomic E-state index is 0.0123. The summed E-state index contributed by atoms with van der Waals surface area (Å²) in [5.41, 5.74) is 3.51. The molecule has 1 saturated heterocycles. The molecule has 13 nitrogen and oxygen atoms in total. The summed E-state index contributed by atoms with van der Waals surface area (Å²) in [6.07, 6.45) is -0.353. The van der Waals surface area contributed by atoms with Crippen LogP contribution in [0.4, 0.5) is 0 Å². The minimum atomic E-state index is -1.18. The molecule has 5 N–H and O–H groups in total. The highest BCUT2D eigenvalue weighted by atomic mass is 16.5. The molecule has 3 aromatic rings. The summed E-state index contributed by atoms with van der Waals surface area (Å²) >= 11 is 0. The van der Waals surface area contributed by atoms with E-state index in [2.05, 4.69) is 10.6 Å². The van der Waals surface area contributed by atoms with Gasteiger partial charge >= 0.3 is 20.2 Å². The molecule has 0 saturated carbocycles. The van der Waals surface area contributed by atoms with Gasteiger partial charge < -0.3 is 44.7 Å². The fourth-order valence-corrected chi connectivity index (χ4v) is 6.08. The third kappa shape index (κ3) is 6.35. The Morgan fingerprint density at radius 3 is 2.15 bits per heavy atom. The van der Waals surface area contributed by atoms with Crippen molar-refractivity contribution in [3.63, 3.8) is 0 Å². The molecule has 3 aliphatic heterocycles. The van der Waals surface area contributed by atoms with Crippen LogP contribution < -0.4 is 26.3 Å². The highest BCUT2D eigenvalue weighted by Crippen LogP contribution is 2.26. The van der Waals surface area contributed by atoms with Gasteiger partial charge in [0.1, 0.15) is 11.8 Å². The zero-order valence-corrected chi connectivity index (χ0v) is 24.8. The summed E-state index contributed by atoms with van der Waals surface area (Å²) in [5.74, 6) is -2.12. The predicted octanol–water partition coefficient (Wildman–Crippen LogP) is -0.524. The van der Waals surface area contributed by atoms with E-state index in [4.69, 9.17) is 14.0 Å². The normalized spacial score (nSPS) is 19.0. The molecule has 3 atom stereocenters. The number of hydrogen-bond acceptors (Lipinski definition) is 9. The number of carboxylic acid groups (broad SMARTS) is 1. The number of nitrogens with zero attached hydrogens (tertiary/aromatic N) is 1. The second kappa shape index (κ2) is 13.0. The van der Waals surface area contributed by atoms with E-state index < -0.39 is 62.5 Å². The van der Waals surface area contributed by atoms with Crippen LogP contribution in [0.15, 0.2) is 60.7 Å². The van der Waals surface area contributed by atoms with Crippen LogP contribution in [0.25, 0.3) is 0 Å². The SMILES string of the molecule is COc1ccc([C@H](CC(=O)O)NC(=O)[C@@H]2C[C@@H](NC(=O)c3ccc4c(c3)B(O)OC4)CN2C(=O)c2ccc3c(c2)B(O)OC3)cc1. The lowest BCUT2D eigenvalue weighted by atomic mass is 9.78. The van der Waals surface area contributed by atoms with Crippen molar-refractivity contribution in [3.05, 3.63) is 88.5 Å². The monoisotopic (exact) mass is 627 g/mol. The van der Waals surface area contributed by atoms with Crippen molar-refractivity contribution in [3.8, 4) is 5.75 Å². The lowest BCUT2D eigenvalue weighted by molar-refractivity contribution is -0.138. The molecular formula is C31H31B2N3O10. The summed E-state index contributed by atoms with van der Waals surface area (Å²) < 4.78 is 15.7. The van der Waals surface area contributed by atoms with Crippen LogP contribution in [-0.4, -0.2) is 83.7 Å². The van der Waals surface area contributed by atoms with Crippen molar-refractivity contribution < 1.29 is 48.4 Å². The third-order valence-electron chi connectivity index (χ3n) is 8.54. The molecule has 3 aliphatic rings. The molecule has 0 spiro atoms. The van der Waals surface area contributed by atoms with E-state index in [9.17, 15) is 34.3 Å². The van der Waals surface area contributed by atoms with Crippen LogP contribution in [0.1, 0.15) is 56.3 Å². The van der Waals surface area contributed by atoms with Crippen molar-refractivity contribution in [2.24, 2.45) is 0 Å². The predicted molar refractivity (Wildman–Crippen MR) is 165 cm³/mol. The van der Waals surface area contributed by atoms with E-state index >= 15 is 0 Å². The first-order valence-corrected chi connectivity index (χ1v) is 14.7. The summed E-state index contributed by atoms with van der Waals surface area (Å²) in [5, 5.41) is 35.6. The lowest BCUT2D eigenvalue weighted by Crippen LogP contribution is -2.47. The number of methoxy groups -OCH3 is 1. The Kier molecular flexibility index (Phi) is 8.82. The van der Waals surface area contributed by atoms with Gasteiger partial charge in [-0.3, -0.25) is 19.2 Å². The largest absolute Gasteiger partial charge is 0.497 e. The molecule has 0 aliphatic carbocycles. The number of carboxylic acids is 1. The third-order valence-corrected chi connectivity index (χ3v) is 8.54. The zero-order valence-electron chi connectivity index (χ0n) is 24.8. The van der Waals surface area contributed by atoms with Gasteiger partial charge in [0.25, 0.3) is 11.8 Å². The molecule has 46 heavy (non-hydrogen) atoms. The van der Waals surface area contributed by atoms with Gasteiger partial charge in [0.05, 0.1) is 32.8 Å². The standard InChI is InChI=1S/C31H31B2N3O10/c1-44-23-8-6-17(7-9-23)26(13-28(37)38)35-30(40)27-12-22(34-29(39)18-2-4-20-15-45-32(42)24(20)10-18)14-36(27)31(41)19-3-5-21-16-46-33(43)25(21)11-19/h2-11,22,26-27,42-43H,12-16H2,1H3,(H,34,39)(H,35,40)(H,37,38)/t22-,26+,27+/m1/s1. The number of rotatable bonds is 9. The van der Waals surface area contributed by atoms with Crippen molar-refractivity contribution in [2.45, 2.75) is 44.2 Å². The molecule has 0 unspecified atom stereocenters. The van der Waals surface area contributed by atoms with Crippen LogP contribution in [0.2, 0.25) is 0 Å². The molecule has 1 fully saturated rings. The summed E-state index contributed by atoms with van der Waals surface area (Å²) in [6, 6.07) is 13.7. The number of hydrogen-bond donors (Lipinski definition) is 5. The molecule has 0 radical (unpaired) electrons. The number of fused-ring (bicyclic) bond motifs is 2. The summed E-state index contributed by atoms with van der Waals surface area (Å²) in [6.45, 7) is 0.428. The Morgan fingerprint density at radius 2 is 1.54 bits per heavy atom. The number of benzene rings is 3. The smallest absolute Gasteiger partial charge is 0.491 e. The minimum Gasteiger partial charge on any atom is -0.497 e. The maximum Gasteiger partial charge on any atom is 0.491 e. The molecule has 6 rings (SSSR count). The van der Waals surface area contributed by atoms with E-state index in [-0.39, 0.29) is 37.3 Å². The average Bonchev–Trinajstić information content (AvgIpc) is 3.76. The number of likely N-dealkylation sites (tertiary alicyclic amines) is 1. The van der Waals surface area contributed by atoms with Gasteiger partial charge in [-0.25, -0.2) is 0 Å². The van der Waals surface area contributed by atoms with Gasteiger partial charge in [0.2, 0.25) is 5.91 Å². The highest BCUT2D eigenvalue weighted by molar-refractivity contribution is 6.62. The number of nitrogens with one attached hydrogen (secondary N) is 2. The van der Waals surface area contributed by atoms with Crippen LogP contribution in [0, 0.1) is 0 Å². The molecule has 3 aromatic carbocycles. The van der Waals surface area contributed by atoms with E-state index in [1.165, 1.54) is 18.1 Å². The number of carbonyl (C=O) groups excluding carboxylic acids is 3. The lowest BCUT2D eigenvalue weighted by Gasteiger charge is -2.26. The number of amides is 3. The Morgan fingerprint density at radius 1 is 0.935 bits per heavy atom. The van der Waals surface area contributed by atoms with Gasteiger partial charge in [-0.2, -0.15) is 0 Å². The Balaban J connectivity index is 1.25. The molecule has 0 bridgehead atoms. The van der Waals surface area contributed by atoms with Crippen molar-refractivity contribution >= 4 is 48.9 Å². The van der Waals surface area contributed by atoms with E-state index in [1.54, 1.807) is 54.6 Å². The van der Waals surface area contributed by atoms with Crippen LogP contribution >= 0.6 is 0 Å². The van der Waals surface area contributed by atoms with Gasteiger partial charge in [-0.1, -0.05) is 24.3 Å². The molecule has 0 aromatic heterocycles. The highest BCUT2D eigenvalue weighted by Gasteiger charge is 2.42. The second-order valence-corrected chi connectivity index (χ2v) is 11.5. The Labute approximate surface area is 264 Å². The maximum atomic E-state index is 13.9. The van der Waals surface area contributed by atoms with Gasteiger partial charge in [-0.15, -0.1) is 0 Å². The molecule has 3 amide bonds. The Bertz CT molecular complexity index is 1690. The molecule has 3 heterocycles. The average molecular weight is 627 g/mol. The number of ether oxygens (including phenoxy) is 1. The topological polar surface area (TPSA) is 184 Å². The molecule has 236 valence electrons. The molecule has 15 heteroatoms. The second-order valence-electron chi connectivity index (χ2n) is 11.5. The van der Waals surface area contributed by atoms with E-state index in [0.717, 1.165) is 11.1 Å². The van der Waals surface area contributed by atoms with Gasteiger partial charge in [0, 0.05) is 23.7 Å². The maximum absolute atomic E-state index is 13.9. The van der Waals surface area contributed by atoms with Crippen LogP contribution in [0.3, 0.4) is 0 Å². The van der Waals surface area contributed by atoms with Crippen molar-refractivity contribution in [2.75, 3.05) is 13.7 Å². The summed E-state index contributed by atoms with van der Waals surface area (Å²) in [7, 11) is -0.801. The Hall–Kier alpha value is -4.69. The van der Waals surface area contributed by atoms with Gasteiger partial charge in [0.15, 0.2) is 0 Å². The number of carbonyl (C=O) groups is 4. The fraction of sp³-hybridized carbons (Fsp3) is 0.290. The zero-order chi connectivity index (χ0) is 32.5. The van der Waals surface area contributed by atoms with Gasteiger partial charge in [-0.05, 0) is 70.4 Å². The molecular weight excluding hydrogens is 596 g/mol. The fourth-order valence-electron chi connectivity index (χ4n) is 6.08. The van der Waals surface area contributed by atoms with E-state index in [1.807, 2.05) is 0 Å². The quantitative estimate of drug-likeness (QED) is 0.194. The van der Waals surface area contributed by atoms with Crippen LogP contribution in [0.5, 0.6) is 5.75 Å². The summed E-state index contributed by atoms with van der Waals surface area (Å²) in [4.78, 5) is 54.1. The first-order valence-electron chi connectivity index (χ1n) is 14.7. The van der Waals surface area contributed by atoms with Crippen LogP contribution in [-0.2, 0) is 32.1 Å². The van der Waals surface area contributed by atoms with E-state index in [0.29, 0.717) is 22.2 Å². The number of aliphatic carboxylic acids is 1. The van der Waals surface area contributed by atoms with Crippen molar-refractivity contribution in [1.29, 1.82) is 0 Å². The van der Waals surface area contributed by atoms with Crippen molar-refractivity contribution in [1.82, 2.24) is 15.5 Å².